The molecule has 1 saturated heterocycles. The molecule has 1 heterocycles. The first-order valence-corrected chi connectivity index (χ1v) is 8.08. The number of hydrogen-bond acceptors (Lipinski definition) is 4. The minimum absolute atomic E-state index is 0.727. The van der Waals surface area contributed by atoms with E-state index in [1.54, 1.807) is 7.11 Å². The van der Waals surface area contributed by atoms with E-state index in [0.29, 0.717) is 0 Å². The number of likely N-dealkylation sites (N-methyl/N-ethyl adjacent to an activating group) is 1. The van der Waals surface area contributed by atoms with Crippen molar-refractivity contribution >= 4 is 17.3 Å². The summed E-state index contributed by atoms with van der Waals surface area (Å²) in [6.07, 6.45) is 0. The molecule has 0 bridgehead atoms. The van der Waals surface area contributed by atoms with Crippen molar-refractivity contribution in [2.45, 2.75) is 13.5 Å². The normalized spacial score (nSPS) is 16.4. The Hall–Kier alpha value is -0.810. The molecule has 0 aromatic heterocycles. The lowest BCUT2D eigenvalue weighted by molar-refractivity contribution is 0.199. The number of benzene rings is 1. The molecule has 0 atom stereocenters. The first kappa shape index (κ1) is 16.6. The Labute approximate surface area is 133 Å². The van der Waals surface area contributed by atoms with Gasteiger partial charge in [0.1, 0.15) is 0 Å². The second kappa shape index (κ2) is 8.59. The number of para-hydroxylation sites is 1. The van der Waals surface area contributed by atoms with Crippen LogP contribution in [0.15, 0.2) is 18.2 Å². The van der Waals surface area contributed by atoms with Gasteiger partial charge in [0.05, 0.1) is 17.3 Å². The lowest BCUT2D eigenvalue weighted by Gasteiger charge is -2.37. The van der Waals surface area contributed by atoms with E-state index in [4.69, 9.17) is 16.3 Å². The molecule has 1 fully saturated rings. The minimum Gasteiger partial charge on any atom is -0.383 e. The molecule has 0 spiro atoms. The van der Waals surface area contributed by atoms with E-state index >= 15 is 0 Å². The Morgan fingerprint density at radius 3 is 2.67 bits per heavy atom. The molecule has 5 heteroatoms. The van der Waals surface area contributed by atoms with Gasteiger partial charge in [0.2, 0.25) is 0 Å². The molecule has 1 aliphatic heterocycles. The van der Waals surface area contributed by atoms with E-state index in [-0.39, 0.29) is 0 Å². The summed E-state index contributed by atoms with van der Waals surface area (Å²) in [5, 5.41) is 4.26. The van der Waals surface area contributed by atoms with Crippen molar-refractivity contribution in [1.29, 1.82) is 0 Å². The number of ether oxygens (including phenoxy) is 1. The van der Waals surface area contributed by atoms with E-state index in [2.05, 4.69) is 28.1 Å². The number of nitrogens with zero attached hydrogens (tertiary/aromatic N) is 2. The smallest absolute Gasteiger partial charge is 0.0642 e. The van der Waals surface area contributed by atoms with Crippen LogP contribution in [-0.4, -0.2) is 57.9 Å². The predicted molar refractivity (Wildman–Crippen MR) is 89.4 cm³/mol. The van der Waals surface area contributed by atoms with Crippen molar-refractivity contribution in [3.8, 4) is 0 Å². The SMILES string of the molecule is CCN1CCN(c2c(Cl)cccc2CNCCOC)CC1. The predicted octanol–water partition coefficient (Wildman–Crippen LogP) is 2.22. The number of halogens is 1. The molecule has 1 aromatic rings. The quantitative estimate of drug-likeness (QED) is 0.782. The van der Waals surface area contributed by atoms with Gasteiger partial charge < -0.3 is 19.9 Å². The Balaban J connectivity index is 2.03. The standard InChI is InChI=1S/C16H26ClN3O/c1-3-19-8-10-20(11-9-19)16-14(5-4-6-15(16)17)13-18-7-12-21-2/h4-6,18H,3,7-13H2,1-2H3. The highest BCUT2D eigenvalue weighted by molar-refractivity contribution is 6.33. The van der Waals surface area contributed by atoms with Crippen LogP contribution in [0.1, 0.15) is 12.5 Å². The van der Waals surface area contributed by atoms with E-state index in [1.165, 1.54) is 11.3 Å². The molecule has 0 aliphatic carbocycles. The zero-order valence-corrected chi connectivity index (χ0v) is 13.8. The zero-order valence-electron chi connectivity index (χ0n) is 13.1. The molecule has 2 rings (SSSR count). The third kappa shape index (κ3) is 4.58. The Morgan fingerprint density at radius 2 is 2.00 bits per heavy atom. The molecule has 0 amide bonds. The average molecular weight is 312 g/mol. The fourth-order valence-corrected chi connectivity index (χ4v) is 3.06. The summed E-state index contributed by atoms with van der Waals surface area (Å²) in [4.78, 5) is 4.89. The summed E-state index contributed by atoms with van der Waals surface area (Å²) in [7, 11) is 1.72. The van der Waals surface area contributed by atoms with Gasteiger partial charge in [-0.2, -0.15) is 0 Å². The van der Waals surface area contributed by atoms with Crippen LogP contribution in [0.5, 0.6) is 0 Å². The van der Waals surface area contributed by atoms with Crippen molar-refractivity contribution in [3.63, 3.8) is 0 Å². The van der Waals surface area contributed by atoms with E-state index in [9.17, 15) is 0 Å². The van der Waals surface area contributed by atoms with Gasteiger partial charge in [-0.25, -0.2) is 0 Å². The van der Waals surface area contributed by atoms with Gasteiger partial charge >= 0.3 is 0 Å². The van der Waals surface area contributed by atoms with E-state index in [0.717, 1.165) is 57.4 Å². The van der Waals surface area contributed by atoms with Crippen molar-refractivity contribution in [2.24, 2.45) is 0 Å². The lowest BCUT2D eigenvalue weighted by atomic mass is 10.1. The molecule has 0 radical (unpaired) electrons. The van der Waals surface area contributed by atoms with Gasteiger partial charge in [-0.1, -0.05) is 30.7 Å². The van der Waals surface area contributed by atoms with Crippen LogP contribution in [0.3, 0.4) is 0 Å². The summed E-state index contributed by atoms with van der Waals surface area (Å²) in [5.74, 6) is 0. The van der Waals surface area contributed by atoms with Crippen molar-refractivity contribution in [2.75, 3.05) is 57.9 Å². The van der Waals surface area contributed by atoms with Crippen LogP contribution in [0.4, 0.5) is 5.69 Å². The van der Waals surface area contributed by atoms with Crippen molar-refractivity contribution in [1.82, 2.24) is 10.2 Å². The maximum absolute atomic E-state index is 6.47. The minimum atomic E-state index is 0.727. The molecule has 118 valence electrons. The maximum atomic E-state index is 6.47. The maximum Gasteiger partial charge on any atom is 0.0642 e. The lowest BCUT2D eigenvalue weighted by Crippen LogP contribution is -2.46. The van der Waals surface area contributed by atoms with Crippen LogP contribution in [0.25, 0.3) is 0 Å². The Kier molecular flexibility index (Phi) is 6.77. The number of methoxy groups -OCH3 is 1. The molecule has 4 nitrogen and oxygen atoms in total. The van der Waals surface area contributed by atoms with Gasteiger partial charge in [0.15, 0.2) is 0 Å². The fourth-order valence-electron chi connectivity index (χ4n) is 2.74. The van der Waals surface area contributed by atoms with Gasteiger partial charge in [-0.15, -0.1) is 0 Å². The summed E-state index contributed by atoms with van der Waals surface area (Å²) < 4.78 is 5.07. The highest BCUT2D eigenvalue weighted by Gasteiger charge is 2.20. The van der Waals surface area contributed by atoms with Crippen LogP contribution < -0.4 is 10.2 Å². The van der Waals surface area contributed by atoms with Crippen LogP contribution in [-0.2, 0) is 11.3 Å². The monoisotopic (exact) mass is 311 g/mol. The van der Waals surface area contributed by atoms with Crippen LogP contribution >= 0.6 is 11.6 Å². The highest BCUT2D eigenvalue weighted by atomic mass is 35.5. The second-order valence-corrected chi connectivity index (χ2v) is 5.75. The molecule has 1 N–H and O–H groups in total. The highest BCUT2D eigenvalue weighted by Crippen LogP contribution is 2.30. The van der Waals surface area contributed by atoms with Crippen LogP contribution in [0, 0.1) is 0 Å². The molecule has 1 aliphatic rings. The summed E-state index contributed by atoms with van der Waals surface area (Å²) >= 11 is 6.47. The number of rotatable bonds is 7. The first-order valence-electron chi connectivity index (χ1n) is 7.70. The topological polar surface area (TPSA) is 27.7 Å². The third-order valence-electron chi connectivity index (χ3n) is 4.00. The van der Waals surface area contributed by atoms with Gasteiger partial charge in [0.25, 0.3) is 0 Å². The van der Waals surface area contributed by atoms with E-state index in [1.807, 2.05) is 12.1 Å². The number of nitrogens with one attached hydrogen (secondary N) is 1. The number of hydrogen-bond donors (Lipinski definition) is 1. The van der Waals surface area contributed by atoms with Crippen molar-refractivity contribution < 1.29 is 4.74 Å². The largest absolute Gasteiger partial charge is 0.383 e. The number of piperazine rings is 1. The molecule has 0 saturated carbocycles. The van der Waals surface area contributed by atoms with Gasteiger partial charge in [-0.05, 0) is 18.2 Å². The van der Waals surface area contributed by atoms with Crippen molar-refractivity contribution in [3.05, 3.63) is 28.8 Å². The second-order valence-electron chi connectivity index (χ2n) is 5.34. The molecular formula is C16H26ClN3O. The molecule has 0 unspecified atom stereocenters. The zero-order chi connectivity index (χ0) is 15.1. The third-order valence-corrected chi connectivity index (χ3v) is 4.31. The fraction of sp³-hybridized carbons (Fsp3) is 0.625. The van der Waals surface area contributed by atoms with Crippen LogP contribution in [0.2, 0.25) is 5.02 Å². The average Bonchev–Trinajstić information content (AvgIpc) is 2.52. The summed E-state index contributed by atoms with van der Waals surface area (Å²) in [5.41, 5.74) is 2.46. The Morgan fingerprint density at radius 1 is 1.24 bits per heavy atom. The summed E-state index contributed by atoms with van der Waals surface area (Å²) in [6.45, 7) is 10.1. The summed E-state index contributed by atoms with van der Waals surface area (Å²) in [6, 6.07) is 6.18. The molecule has 21 heavy (non-hydrogen) atoms. The Bertz CT molecular complexity index is 434. The van der Waals surface area contributed by atoms with Gasteiger partial charge in [0, 0.05) is 46.4 Å². The van der Waals surface area contributed by atoms with E-state index < -0.39 is 0 Å². The van der Waals surface area contributed by atoms with Gasteiger partial charge in [-0.3, -0.25) is 0 Å². The number of anilines is 1. The molecular weight excluding hydrogens is 286 g/mol. The first-order chi connectivity index (χ1) is 10.3. The molecule has 1 aromatic carbocycles.